The molecule has 1 saturated heterocycles. The third kappa shape index (κ3) is 6.85. The lowest BCUT2D eigenvalue weighted by Gasteiger charge is -2.19. The van der Waals surface area contributed by atoms with Gasteiger partial charge in [0.2, 0.25) is 0 Å². The molecule has 0 spiro atoms. The van der Waals surface area contributed by atoms with Gasteiger partial charge in [-0.1, -0.05) is 0 Å². The van der Waals surface area contributed by atoms with Crippen molar-refractivity contribution < 1.29 is 18.7 Å². The molecule has 26 heavy (non-hydrogen) atoms. The van der Waals surface area contributed by atoms with Gasteiger partial charge in [0.25, 0.3) is 11.8 Å². The van der Waals surface area contributed by atoms with Crippen molar-refractivity contribution in [2.24, 2.45) is 0 Å². The van der Waals surface area contributed by atoms with Gasteiger partial charge in [-0.25, -0.2) is 0 Å². The number of hydrazine groups is 1. The van der Waals surface area contributed by atoms with Gasteiger partial charge in [-0.05, 0) is 55.6 Å². The van der Waals surface area contributed by atoms with Crippen molar-refractivity contribution in [1.29, 1.82) is 0 Å². The van der Waals surface area contributed by atoms with Crippen LogP contribution in [0.1, 0.15) is 29.8 Å². The minimum atomic E-state index is -0.700. The van der Waals surface area contributed by atoms with E-state index in [1.807, 2.05) is 6.26 Å². The lowest BCUT2D eigenvalue weighted by Crippen LogP contribution is -2.54. The number of amides is 2. The second-order valence-corrected chi connectivity index (χ2v) is 7.14. The summed E-state index contributed by atoms with van der Waals surface area (Å²) in [5.74, 6) is 0.0716. The van der Waals surface area contributed by atoms with Crippen LogP contribution in [-0.4, -0.2) is 54.2 Å². The molecule has 2 heterocycles. The van der Waals surface area contributed by atoms with Crippen LogP contribution in [0.4, 0.5) is 0 Å². The largest absolute Gasteiger partial charge is 0.459 e. The first-order valence-electron chi connectivity index (χ1n) is 8.38. The number of thioether (sulfide) groups is 1. The fraction of sp³-hybridized carbons (Fsp3) is 0.562. The molecule has 144 valence electrons. The van der Waals surface area contributed by atoms with Crippen LogP contribution in [0.5, 0.6) is 0 Å². The molecular formula is C16H24N4O4S2. The lowest BCUT2D eigenvalue weighted by atomic mass is 10.2. The summed E-state index contributed by atoms with van der Waals surface area (Å²) in [6, 6.07) is 2.46. The van der Waals surface area contributed by atoms with E-state index < -0.39 is 11.9 Å². The van der Waals surface area contributed by atoms with Crippen molar-refractivity contribution in [3.63, 3.8) is 0 Å². The molecule has 2 amide bonds. The standard InChI is InChI=1S/C16H24N4O4S2/c1-26-9-6-12(18-15(22)13-5-3-8-24-13)14(21)19-20-16(25)17-10-11-4-2-7-23-11/h3,5,8,11-12H,2,4,6-7,9-10H2,1H3,(H,18,22)(H,19,21)(H2,17,20,25). The molecule has 8 nitrogen and oxygen atoms in total. The Morgan fingerprint density at radius 3 is 2.92 bits per heavy atom. The maximum atomic E-state index is 12.4. The lowest BCUT2D eigenvalue weighted by molar-refractivity contribution is -0.123. The van der Waals surface area contributed by atoms with Crippen LogP contribution in [0.25, 0.3) is 0 Å². The molecule has 1 aromatic rings. The molecule has 4 N–H and O–H groups in total. The van der Waals surface area contributed by atoms with E-state index in [-0.39, 0.29) is 17.8 Å². The third-order valence-corrected chi connectivity index (χ3v) is 4.68. The van der Waals surface area contributed by atoms with Crippen molar-refractivity contribution in [2.45, 2.75) is 31.4 Å². The molecule has 10 heteroatoms. The minimum Gasteiger partial charge on any atom is -0.459 e. The van der Waals surface area contributed by atoms with Crippen LogP contribution in [0.2, 0.25) is 0 Å². The van der Waals surface area contributed by atoms with Gasteiger partial charge in [0, 0.05) is 13.2 Å². The molecule has 1 aliphatic rings. The summed E-state index contributed by atoms with van der Waals surface area (Å²) in [5, 5.41) is 5.97. The Labute approximate surface area is 162 Å². The van der Waals surface area contributed by atoms with Gasteiger partial charge in [0.1, 0.15) is 6.04 Å². The van der Waals surface area contributed by atoms with E-state index in [2.05, 4.69) is 21.5 Å². The van der Waals surface area contributed by atoms with Crippen LogP contribution >= 0.6 is 24.0 Å². The number of nitrogens with one attached hydrogen (secondary N) is 4. The molecule has 0 saturated carbocycles. The monoisotopic (exact) mass is 400 g/mol. The summed E-state index contributed by atoms with van der Waals surface area (Å²) in [7, 11) is 0. The predicted molar refractivity (Wildman–Crippen MR) is 104 cm³/mol. The molecule has 0 aliphatic carbocycles. The van der Waals surface area contributed by atoms with Crippen LogP contribution in [-0.2, 0) is 9.53 Å². The van der Waals surface area contributed by atoms with Crippen molar-refractivity contribution in [3.8, 4) is 0 Å². The first-order valence-corrected chi connectivity index (χ1v) is 10.2. The molecule has 2 atom stereocenters. The summed E-state index contributed by atoms with van der Waals surface area (Å²) in [4.78, 5) is 24.5. The summed E-state index contributed by atoms with van der Waals surface area (Å²) < 4.78 is 10.5. The molecule has 1 fully saturated rings. The Kier molecular flexibility index (Phi) is 8.72. The van der Waals surface area contributed by atoms with Crippen LogP contribution in [0.3, 0.4) is 0 Å². The van der Waals surface area contributed by atoms with E-state index in [0.717, 1.165) is 25.2 Å². The Morgan fingerprint density at radius 2 is 2.27 bits per heavy atom. The fourth-order valence-corrected chi connectivity index (χ4v) is 3.01. The highest BCUT2D eigenvalue weighted by molar-refractivity contribution is 7.98. The summed E-state index contributed by atoms with van der Waals surface area (Å²) >= 11 is 6.73. The van der Waals surface area contributed by atoms with E-state index in [0.29, 0.717) is 18.1 Å². The zero-order valence-electron chi connectivity index (χ0n) is 14.6. The highest BCUT2D eigenvalue weighted by atomic mass is 32.2. The highest BCUT2D eigenvalue weighted by Gasteiger charge is 2.22. The highest BCUT2D eigenvalue weighted by Crippen LogP contribution is 2.10. The molecule has 1 aromatic heterocycles. The van der Waals surface area contributed by atoms with Gasteiger partial charge in [-0.15, -0.1) is 0 Å². The van der Waals surface area contributed by atoms with Gasteiger partial charge in [-0.3, -0.25) is 20.4 Å². The maximum Gasteiger partial charge on any atom is 0.287 e. The first kappa shape index (κ1) is 20.5. The predicted octanol–water partition coefficient (Wildman–Crippen LogP) is 0.805. The summed E-state index contributed by atoms with van der Waals surface area (Å²) in [6.07, 6.45) is 6.02. The van der Waals surface area contributed by atoms with Gasteiger partial charge in [0.05, 0.1) is 12.4 Å². The molecule has 2 rings (SSSR count). The van der Waals surface area contributed by atoms with E-state index in [1.54, 1.807) is 23.9 Å². The van der Waals surface area contributed by atoms with Crippen molar-refractivity contribution in [1.82, 2.24) is 21.5 Å². The molecule has 0 aromatic carbocycles. The van der Waals surface area contributed by atoms with Gasteiger partial charge in [-0.2, -0.15) is 11.8 Å². The first-order chi connectivity index (χ1) is 12.6. The SMILES string of the molecule is CSCCC(NC(=O)c1ccco1)C(=O)NNC(=S)NCC1CCCO1. The average molecular weight is 401 g/mol. The molecule has 0 radical (unpaired) electrons. The quantitative estimate of drug-likeness (QED) is 0.375. The number of hydrogen-bond donors (Lipinski definition) is 4. The average Bonchev–Trinajstić information content (AvgIpc) is 3.34. The van der Waals surface area contributed by atoms with E-state index in [1.165, 1.54) is 6.26 Å². The van der Waals surface area contributed by atoms with Gasteiger partial charge in [0.15, 0.2) is 10.9 Å². The van der Waals surface area contributed by atoms with Gasteiger partial charge >= 0.3 is 0 Å². The second kappa shape index (κ2) is 11.0. The number of carbonyl (C=O) groups is 2. The number of rotatable bonds is 8. The summed E-state index contributed by atoms with van der Waals surface area (Å²) in [6.45, 7) is 1.36. The van der Waals surface area contributed by atoms with E-state index in [9.17, 15) is 9.59 Å². The van der Waals surface area contributed by atoms with Gasteiger partial charge < -0.3 is 19.8 Å². The second-order valence-electron chi connectivity index (χ2n) is 5.74. The van der Waals surface area contributed by atoms with Crippen LogP contribution in [0.15, 0.2) is 22.8 Å². The zero-order chi connectivity index (χ0) is 18.8. The maximum absolute atomic E-state index is 12.4. The van der Waals surface area contributed by atoms with E-state index >= 15 is 0 Å². The number of furan rings is 1. The smallest absolute Gasteiger partial charge is 0.287 e. The molecule has 1 aliphatic heterocycles. The Hall–Kier alpha value is -1.78. The molecular weight excluding hydrogens is 376 g/mol. The number of hydrogen-bond acceptors (Lipinski definition) is 6. The minimum absolute atomic E-state index is 0.146. The normalized spacial score (nSPS) is 17.3. The van der Waals surface area contributed by atoms with E-state index in [4.69, 9.17) is 21.4 Å². The third-order valence-electron chi connectivity index (χ3n) is 3.79. The number of carbonyl (C=O) groups excluding carboxylic acids is 2. The Bertz CT molecular complexity index is 591. The Morgan fingerprint density at radius 1 is 1.42 bits per heavy atom. The van der Waals surface area contributed by atoms with Crippen molar-refractivity contribution in [2.75, 3.05) is 25.2 Å². The zero-order valence-corrected chi connectivity index (χ0v) is 16.2. The fourth-order valence-electron chi connectivity index (χ4n) is 2.40. The topological polar surface area (TPSA) is 105 Å². The van der Waals surface area contributed by atoms with Crippen molar-refractivity contribution in [3.05, 3.63) is 24.2 Å². The molecule has 2 unspecified atom stereocenters. The number of ether oxygens (including phenoxy) is 1. The van der Waals surface area contributed by atoms with Crippen LogP contribution in [0, 0.1) is 0 Å². The Balaban J connectivity index is 1.77. The summed E-state index contributed by atoms with van der Waals surface area (Å²) in [5.41, 5.74) is 5.18. The molecule has 0 bridgehead atoms. The number of thiocarbonyl (C=S) groups is 1. The van der Waals surface area contributed by atoms with Crippen molar-refractivity contribution >= 4 is 40.9 Å². The van der Waals surface area contributed by atoms with Crippen LogP contribution < -0.4 is 21.5 Å².